The normalized spacial score (nSPS) is 32.0. The minimum absolute atomic E-state index is 0.196. The fraction of sp³-hybridized carbons (Fsp3) is 0.381. The van der Waals surface area contributed by atoms with Crippen LogP contribution in [0.4, 0.5) is 5.69 Å². The smallest absolute Gasteiger partial charge is 0.337 e. The van der Waals surface area contributed by atoms with Crippen LogP contribution in [-0.4, -0.2) is 11.1 Å². The molecule has 0 saturated heterocycles. The molecule has 2 fully saturated rings. The number of nitrogens with one attached hydrogen (secondary N) is 1. The van der Waals surface area contributed by atoms with Gasteiger partial charge in [-0.2, -0.15) is 0 Å². The lowest BCUT2D eigenvalue weighted by Gasteiger charge is -2.44. The van der Waals surface area contributed by atoms with Gasteiger partial charge in [-0.3, -0.25) is 0 Å². The third-order valence-electron chi connectivity index (χ3n) is 6.58. The average molecular weight is 398 g/mol. The van der Waals surface area contributed by atoms with Crippen LogP contribution in [0, 0.1) is 17.8 Å². The van der Waals surface area contributed by atoms with Crippen molar-refractivity contribution in [3.8, 4) is 0 Å². The lowest BCUT2D eigenvalue weighted by molar-refractivity contribution is 0.0697. The third-order valence-corrected chi connectivity index (χ3v) is 7.11. The molecule has 2 aromatic rings. The van der Waals surface area contributed by atoms with Gasteiger partial charge in [0.1, 0.15) is 0 Å². The summed E-state index contributed by atoms with van der Waals surface area (Å²) in [7, 11) is 0. The van der Waals surface area contributed by atoms with Gasteiger partial charge in [-0.15, -0.1) is 0 Å². The molecule has 0 aromatic heterocycles. The molecule has 3 aliphatic rings. The van der Waals surface area contributed by atoms with Gasteiger partial charge in [-0.1, -0.05) is 40.2 Å². The number of hydrogen-bond donors (Lipinski definition) is 2. The van der Waals surface area contributed by atoms with Crippen molar-refractivity contribution < 1.29 is 9.90 Å². The number of fused-ring (bicyclic) bond motifs is 7. The number of carboxylic acid groups (broad SMARTS) is 1. The molecule has 2 bridgehead atoms. The summed E-state index contributed by atoms with van der Waals surface area (Å²) in [6, 6.07) is 14.5. The summed E-state index contributed by atoms with van der Waals surface area (Å²) in [5, 5.41) is 13.3. The van der Waals surface area contributed by atoms with Gasteiger partial charge in [-0.05, 0) is 72.3 Å². The Morgan fingerprint density at radius 1 is 1.08 bits per heavy atom. The number of carbonyl (C=O) groups is 1. The van der Waals surface area contributed by atoms with Crippen LogP contribution in [0.3, 0.4) is 0 Å². The number of anilines is 1. The number of benzene rings is 2. The van der Waals surface area contributed by atoms with Crippen LogP contribution >= 0.6 is 15.9 Å². The van der Waals surface area contributed by atoms with Crippen molar-refractivity contribution in [1.29, 1.82) is 0 Å². The van der Waals surface area contributed by atoms with Crippen LogP contribution < -0.4 is 5.32 Å². The zero-order chi connectivity index (χ0) is 17.1. The zero-order valence-electron chi connectivity index (χ0n) is 13.8. The van der Waals surface area contributed by atoms with E-state index < -0.39 is 5.97 Å². The third kappa shape index (κ3) is 2.27. The maximum atomic E-state index is 11.8. The molecule has 3 nitrogen and oxygen atoms in total. The first-order valence-corrected chi connectivity index (χ1v) is 9.81. The second-order valence-electron chi connectivity index (χ2n) is 7.68. The highest BCUT2D eigenvalue weighted by Crippen LogP contribution is 2.63. The van der Waals surface area contributed by atoms with Crippen molar-refractivity contribution >= 4 is 27.6 Å². The van der Waals surface area contributed by atoms with E-state index in [9.17, 15) is 9.90 Å². The maximum Gasteiger partial charge on any atom is 0.337 e. The first-order chi connectivity index (χ1) is 12.1. The lowest BCUT2D eigenvalue weighted by Crippen LogP contribution is -2.36. The van der Waals surface area contributed by atoms with E-state index in [0.29, 0.717) is 23.3 Å². The van der Waals surface area contributed by atoms with Gasteiger partial charge in [0.15, 0.2) is 0 Å². The zero-order valence-corrected chi connectivity index (χ0v) is 15.4. The van der Waals surface area contributed by atoms with Gasteiger partial charge < -0.3 is 10.4 Å². The van der Waals surface area contributed by atoms with Gasteiger partial charge >= 0.3 is 5.97 Å². The summed E-state index contributed by atoms with van der Waals surface area (Å²) in [6.45, 7) is 0. The molecule has 128 valence electrons. The summed E-state index contributed by atoms with van der Waals surface area (Å²) in [6.07, 6.45) is 3.89. The van der Waals surface area contributed by atoms with Crippen LogP contribution in [-0.2, 0) is 0 Å². The molecule has 2 N–H and O–H groups in total. The second kappa shape index (κ2) is 5.60. The standard InChI is InChI=1S/C21H20BrNO2/c22-14-8-6-11(7-9-14)19-18-13-5-4-12(10-13)17(18)15-2-1-3-16(21(24)25)20(15)23-19/h1-3,6-9,12-13,17-19,23H,4-5,10H2,(H,24,25)/t12-,13-,17-,18-,19+/m0/s1. The van der Waals surface area contributed by atoms with Crippen molar-refractivity contribution in [2.45, 2.75) is 31.2 Å². The SMILES string of the molecule is O=C(O)c1cccc2c1N[C@H](c1ccc(Br)cc1)[C@H]1[C@H]3CC[C@@H](C3)[C@@H]21. The number of rotatable bonds is 2. The van der Waals surface area contributed by atoms with E-state index in [2.05, 4.69) is 51.6 Å². The Kier molecular flexibility index (Phi) is 3.46. The molecule has 1 aliphatic heterocycles. The molecule has 0 amide bonds. The molecule has 5 rings (SSSR count). The van der Waals surface area contributed by atoms with Gasteiger partial charge in [0.05, 0.1) is 17.3 Å². The number of hydrogen-bond acceptors (Lipinski definition) is 2. The number of para-hydroxylation sites is 1. The van der Waals surface area contributed by atoms with Crippen LogP contribution in [0.25, 0.3) is 0 Å². The highest BCUT2D eigenvalue weighted by Gasteiger charge is 2.54. The van der Waals surface area contributed by atoms with Crippen molar-refractivity contribution in [2.75, 3.05) is 5.32 Å². The van der Waals surface area contributed by atoms with Crippen molar-refractivity contribution in [1.82, 2.24) is 0 Å². The van der Waals surface area contributed by atoms with Crippen molar-refractivity contribution in [3.63, 3.8) is 0 Å². The highest BCUT2D eigenvalue weighted by molar-refractivity contribution is 9.10. The van der Waals surface area contributed by atoms with Gasteiger partial charge in [0.25, 0.3) is 0 Å². The van der Waals surface area contributed by atoms with Crippen LogP contribution in [0.5, 0.6) is 0 Å². The van der Waals surface area contributed by atoms with Gasteiger partial charge in [0.2, 0.25) is 0 Å². The largest absolute Gasteiger partial charge is 0.478 e. The van der Waals surface area contributed by atoms with E-state index in [1.54, 1.807) is 6.07 Å². The van der Waals surface area contributed by atoms with E-state index in [0.717, 1.165) is 16.1 Å². The quantitative estimate of drug-likeness (QED) is 0.708. The first-order valence-electron chi connectivity index (χ1n) is 9.01. The molecule has 2 aliphatic carbocycles. The Labute approximate surface area is 155 Å². The Morgan fingerprint density at radius 3 is 2.60 bits per heavy atom. The molecule has 25 heavy (non-hydrogen) atoms. The van der Waals surface area contributed by atoms with Crippen LogP contribution in [0.2, 0.25) is 0 Å². The monoisotopic (exact) mass is 397 g/mol. The van der Waals surface area contributed by atoms with E-state index in [1.165, 1.54) is 30.4 Å². The van der Waals surface area contributed by atoms with E-state index >= 15 is 0 Å². The summed E-state index contributed by atoms with van der Waals surface area (Å²) in [4.78, 5) is 11.8. The molecule has 0 radical (unpaired) electrons. The van der Waals surface area contributed by atoms with Gasteiger partial charge in [0, 0.05) is 4.47 Å². The molecule has 0 unspecified atom stereocenters. The summed E-state index contributed by atoms with van der Waals surface area (Å²) < 4.78 is 1.07. The molecule has 2 aromatic carbocycles. The summed E-state index contributed by atoms with van der Waals surface area (Å²) >= 11 is 3.52. The fourth-order valence-electron chi connectivity index (χ4n) is 5.69. The van der Waals surface area contributed by atoms with E-state index in [4.69, 9.17) is 0 Å². The molecule has 0 spiro atoms. The average Bonchev–Trinajstić information content (AvgIpc) is 3.23. The fourth-order valence-corrected chi connectivity index (χ4v) is 5.96. The Morgan fingerprint density at radius 2 is 1.84 bits per heavy atom. The minimum atomic E-state index is -0.847. The second-order valence-corrected chi connectivity index (χ2v) is 8.60. The predicted octanol–water partition coefficient (Wildman–Crippen LogP) is 5.44. The van der Waals surface area contributed by atoms with E-state index in [1.807, 2.05) is 6.07 Å². The molecule has 5 atom stereocenters. The topological polar surface area (TPSA) is 49.3 Å². The summed E-state index contributed by atoms with van der Waals surface area (Å²) in [5.74, 6) is 1.66. The minimum Gasteiger partial charge on any atom is -0.478 e. The first kappa shape index (κ1) is 15.4. The highest BCUT2D eigenvalue weighted by atomic mass is 79.9. The molecular weight excluding hydrogens is 378 g/mol. The Balaban J connectivity index is 1.67. The number of halogens is 1. The van der Waals surface area contributed by atoms with Gasteiger partial charge in [-0.25, -0.2) is 4.79 Å². The van der Waals surface area contributed by atoms with Crippen molar-refractivity contribution in [3.05, 3.63) is 63.6 Å². The summed E-state index contributed by atoms with van der Waals surface area (Å²) in [5.41, 5.74) is 3.74. The number of carboxylic acids is 1. The molecule has 1 heterocycles. The van der Waals surface area contributed by atoms with E-state index in [-0.39, 0.29) is 6.04 Å². The molecule has 2 saturated carbocycles. The van der Waals surface area contributed by atoms with Crippen molar-refractivity contribution in [2.24, 2.45) is 17.8 Å². The van der Waals surface area contributed by atoms with Crippen LogP contribution in [0.1, 0.15) is 52.7 Å². The predicted molar refractivity (Wildman–Crippen MR) is 101 cm³/mol. The Bertz CT molecular complexity index is 847. The molecule has 4 heteroatoms. The Hall–Kier alpha value is -1.81. The lowest BCUT2D eigenvalue weighted by atomic mass is 9.67. The number of aromatic carboxylic acids is 1. The molecular formula is C21H20BrNO2. The van der Waals surface area contributed by atoms with Crippen LogP contribution in [0.15, 0.2) is 46.9 Å². The maximum absolute atomic E-state index is 11.8.